The maximum Gasteiger partial charge on any atom is 0.328 e. The third kappa shape index (κ3) is 3.12. The molecule has 5 N–H and O–H groups in total. The van der Waals surface area contributed by atoms with Crippen molar-refractivity contribution in [2.45, 2.75) is 0 Å². The minimum Gasteiger partial charge on any atom is -0.494 e. The van der Waals surface area contributed by atoms with Crippen molar-refractivity contribution in [3.05, 3.63) is 43.1 Å². The molecule has 0 spiro atoms. The highest BCUT2D eigenvalue weighted by atomic mass is 35.5. The lowest BCUT2D eigenvalue weighted by atomic mass is 10.1. The van der Waals surface area contributed by atoms with Gasteiger partial charge in [0.25, 0.3) is 17.4 Å². The second-order valence-electron chi connectivity index (χ2n) is 4.00. The van der Waals surface area contributed by atoms with Gasteiger partial charge in [-0.2, -0.15) is 0 Å². The molecule has 1 aromatic rings. The number of carbonyl (C=O) groups excluding carboxylic acids is 3. The molecule has 2 rings (SSSR count). The Balaban J connectivity index is 2.42. The fourth-order valence-corrected chi connectivity index (χ4v) is 1.76. The first-order chi connectivity index (χ1) is 10.3. The summed E-state index contributed by atoms with van der Waals surface area (Å²) in [5, 5.41) is 12.8. The van der Waals surface area contributed by atoms with E-state index in [2.05, 4.69) is 0 Å². The molecule has 4 amide bonds. The number of aromatic nitrogens is 2. The highest BCUT2D eigenvalue weighted by Crippen LogP contribution is 2.16. The van der Waals surface area contributed by atoms with Crippen LogP contribution in [0.3, 0.4) is 0 Å². The van der Waals surface area contributed by atoms with Gasteiger partial charge in [0, 0.05) is 5.03 Å². The van der Waals surface area contributed by atoms with Gasteiger partial charge in [-0.15, -0.1) is 0 Å². The van der Waals surface area contributed by atoms with Crippen LogP contribution in [-0.4, -0.2) is 32.9 Å². The number of rotatable bonds is 2. The summed E-state index contributed by atoms with van der Waals surface area (Å²) in [4.78, 5) is 60.0. The average molecular weight is 327 g/mol. The second kappa shape index (κ2) is 5.69. The Morgan fingerprint density at radius 2 is 1.59 bits per heavy atom. The van der Waals surface area contributed by atoms with Crippen LogP contribution >= 0.6 is 11.6 Å². The van der Waals surface area contributed by atoms with E-state index < -0.39 is 40.5 Å². The number of hydrogen-bond acceptors (Lipinski definition) is 6. The highest BCUT2D eigenvalue weighted by molar-refractivity contribution is 6.36. The molecule has 1 saturated heterocycles. The Hall–Kier alpha value is -3.14. The molecule has 0 radical (unpaired) electrons. The monoisotopic (exact) mass is 326 g/mol. The summed E-state index contributed by atoms with van der Waals surface area (Å²) in [5.41, 5.74) is -2.69. The molecule has 114 valence electrons. The molecule has 1 fully saturated rings. The fourth-order valence-electron chi connectivity index (χ4n) is 1.54. The predicted molar refractivity (Wildman–Crippen MR) is 72.9 cm³/mol. The number of urea groups is 1. The van der Waals surface area contributed by atoms with E-state index in [1.807, 2.05) is 20.6 Å². The van der Waals surface area contributed by atoms with Crippen LogP contribution in [0.25, 0.3) is 6.08 Å². The SMILES string of the molecule is O=C1NC(=O)C(=C/C(Cl)=C/c2c(O)[nH]c(=O)[nH]c2=O)C(=O)N1. The van der Waals surface area contributed by atoms with Crippen LogP contribution < -0.4 is 21.9 Å². The topological polar surface area (TPSA) is 161 Å². The Morgan fingerprint density at radius 3 is 2.14 bits per heavy atom. The van der Waals surface area contributed by atoms with Crippen molar-refractivity contribution in [1.29, 1.82) is 0 Å². The van der Waals surface area contributed by atoms with Crippen LogP contribution in [0.4, 0.5) is 4.79 Å². The number of carbonyl (C=O) groups is 3. The maximum atomic E-state index is 11.5. The number of aromatic amines is 2. The van der Waals surface area contributed by atoms with Gasteiger partial charge in [0.05, 0.1) is 0 Å². The molecule has 0 saturated carbocycles. The zero-order chi connectivity index (χ0) is 16.4. The van der Waals surface area contributed by atoms with E-state index in [1.165, 1.54) is 0 Å². The zero-order valence-corrected chi connectivity index (χ0v) is 11.3. The van der Waals surface area contributed by atoms with E-state index in [1.54, 1.807) is 0 Å². The van der Waals surface area contributed by atoms with E-state index in [-0.39, 0.29) is 10.6 Å². The van der Waals surface area contributed by atoms with E-state index in [0.717, 1.165) is 12.2 Å². The van der Waals surface area contributed by atoms with E-state index in [0.29, 0.717) is 0 Å². The Morgan fingerprint density at radius 1 is 1.00 bits per heavy atom. The molecular formula is C11H7ClN4O6. The normalized spacial score (nSPS) is 15.4. The summed E-state index contributed by atoms with van der Waals surface area (Å²) in [7, 11) is 0. The third-order valence-electron chi connectivity index (χ3n) is 2.47. The Kier molecular flexibility index (Phi) is 3.95. The first-order valence-corrected chi connectivity index (χ1v) is 5.97. The average Bonchev–Trinajstić information content (AvgIpc) is 2.38. The van der Waals surface area contributed by atoms with Crippen molar-refractivity contribution in [2.24, 2.45) is 0 Å². The quantitative estimate of drug-likeness (QED) is 0.333. The highest BCUT2D eigenvalue weighted by Gasteiger charge is 2.27. The van der Waals surface area contributed by atoms with Gasteiger partial charge in [0.1, 0.15) is 11.1 Å². The van der Waals surface area contributed by atoms with Gasteiger partial charge in [-0.1, -0.05) is 11.6 Å². The van der Waals surface area contributed by atoms with Gasteiger partial charge in [-0.3, -0.25) is 35.0 Å². The number of nitrogens with one attached hydrogen (secondary N) is 4. The summed E-state index contributed by atoms with van der Waals surface area (Å²) in [5.74, 6) is -2.68. The van der Waals surface area contributed by atoms with Gasteiger partial charge < -0.3 is 5.11 Å². The van der Waals surface area contributed by atoms with Gasteiger partial charge in [-0.05, 0) is 12.2 Å². The van der Waals surface area contributed by atoms with Crippen molar-refractivity contribution in [2.75, 3.05) is 0 Å². The van der Waals surface area contributed by atoms with Gasteiger partial charge in [0.2, 0.25) is 5.88 Å². The van der Waals surface area contributed by atoms with Crippen molar-refractivity contribution < 1.29 is 19.5 Å². The van der Waals surface area contributed by atoms with Crippen molar-refractivity contribution >= 4 is 35.5 Å². The van der Waals surface area contributed by atoms with Crippen LogP contribution in [0.15, 0.2) is 26.3 Å². The molecule has 0 aromatic carbocycles. The minimum absolute atomic E-state index is 0.275. The van der Waals surface area contributed by atoms with E-state index >= 15 is 0 Å². The van der Waals surface area contributed by atoms with Crippen LogP contribution in [0.1, 0.15) is 5.56 Å². The predicted octanol–water partition coefficient (Wildman–Crippen LogP) is -1.36. The number of amides is 4. The summed E-state index contributed by atoms with van der Waals surface area (Å²) in [6.07, 6.45) is 1.82. The van der Waals surface area contributed by atoms with Crippen molar-refractivity contribution in [1.82, 2.24) is 20.6 Å². The number of halogens is 1. The smallest absolute Gasteiger partial charge is 0.328 e. The van der Waals surface area contributed by atoms with Crippen LogP contribution in [0.5, 0.6) is 5.88 Å². The number of allylic oxidation sites excluding steroid dienone is 2. The fraction of sp³-hybridized carbons (Fsp3) is 0. The lowest BCUT2D eigenvalue weighted by molar-refractivity contribution is -0.124. The number of barbiturate groups is 1. The summed E-state index contributed by atoms with van der Waals surface area (Å²) < 4.78 is 0. The molecule has 10 nitrogen and oxygen atoms in total. The second-order valence-corrected chi connectivity index (χ2v) is 4.43. The molecule has 0 aliphatic carbocycles. The van der Waals surface area contributed by atoms with Crippen LogP contribution in [-0.2, 0) is 9.59 Å². The van der Waals surface area contributed by atoms with Gasteiger partial charge >= 0.3 is 11.7 Å². The molecule has 1 aromatic heterocycles. The number of aromatic hydroxyl groups is 1. The third-order valence-corrected chi connectivity index (χ3v) is 2.68. The summed E-state index contributed by atoms with van der Waals surface area (Å²) in [6.45, 7) is 0. The molecule has 22 heavy (non-hydrogen) atoms. The molecule has 1 aliphatic rings. The first-order valence-electron chi connectivity index (χ1n) is 5.59. The minimum atomic E-state index is -0.972. The number of imide groups is 2. The zero-order valence-electron chi connectivity index (χ0n) is 10.5. The van der Waals surface area contributed by atoms with Gasteiger partial charge in [-0.25, -0.2) is 9.59 Å². The molecular weight excluding hydrogens is 320 g/mol. The maximum absolute atomic E-state index is 11.5. The molecule has 0 atom stereocenters. The molecule has 1 aliphatic heterocycles. The molecule has 2 heterocycles. The largest absolute Gasteiger partial charge is 0.494 e. The molecule has 0 unspecified atom stereocenters. The van der Waals surface area contributed by atoms with E-state index in [4.69, 9.17) is 11.6 Å². The van der Waals surface area contributed by atoms with Crippen LogP contribution in [0.2, 0.25) is 0 Å². The standard InChI is InChI=1S/C11H7ClN4O6/c12-3(1-4-6(17)13-10(21)14-7(4)18)2-5-8(19)15-11(22)16-9(5)20/h1-2H,(H2,13,14,17,18,21)(H3,15,16,19,20,22)/b3-2-. The molecule has 0 bridgehead atoms. The van der Waals surface area contributed by atoms with Gasteiger partial charge in [0.15, 0.2) is 0 Å². The lowest BCUT2D eigenvalue weighted by Crippen LogP contribution is -2.51. The number of H-pyrrole nitrogens is 2. The first kappa shape index (κ1) is 15.3. The van der Waals surface area contributed by atoms with E-state index in [9.17, 15) is 29.1 Å². The lowest BCUT2D eigenvalue weighted by Gasteiger charge is -2.13. The Labute approximate surface area is 125 Å². The van der Waals surface area contributed by atoms with Crippen molar-refractivity contribution in [3.63, 3.8) is 0 Å². The summed E-state index contributed by atoms with van der Waals surface area (Å²) >= 11 is 5.78. The van der Waals surface area contributed by atoms with Crippen molar-refractivity contribution in [3.8, 4) is 5.88 Å². The Bertz CT molecular complexity index is 840. The summed E-state index contributed by atoms with van der Waals surface area (Å²) in [6, 6.07) is -0.970. The molecule has 11 heteroatoms. The van der Waals surface area contributed by atoms with Crippen LogP contribution in [0, 0.1) is 0 Å². The number of hydrogen-bond donors (Lipinski definition) is 5.